The number of hydrogen-bond acceptors (Lipinski definition) is 4. The minimum Gasteiger partial charge on any atom is -0.302 e. The van der Waals surface area contributed by atoms with Gasteiger partial charge in [0.2, 0.25) is 0 Å². The number of hydroxylamine groups is 1. The van der Waals surface area contributed by atoms with Gasteiger partial charge in [-0.05, 0) is 60.2 Å². The lowest BCUT2D eigenvalue weighted by molar-refractivity contribution is -0.124. The molecule has 1 heterocycles. The number of halogens is 1. The van der Waals surface area contributed by atoms with Gasteiger partial charge in [0.1, 0.15) is 0 Å². The molecule has 0 aliphatic rings. The number of benzene rings is 3. The lowest BCUT2D eigenvalue weighted by atomic mass is 10.1. The van der Waals surface area contributed by atoms with Gasteiger partial charge in [-0.1, -0.05) is 52.3 Å². The highest BCUT2D eigenvalue weighted by atomic mass is 79.9. The zero-order valence-corrected chi connectivity index (χ0v) is 19.1. The van der Waals surface area contributed by atoms with Gasteiger partial charge in [0.25, 0.3) is 11.8 Å². The number of fused-ring (bicyclic) bond motifs is 1. The van der Waals surface area contributed by atoms with Gasteiger partial charge < -0.3 is 4.90 Å². The summed E-state index contributed by atoms with van der Waals surface area (Å²) in [7, 11) is 0. The van der Waals surface area contributed by atoms with Crippen LogP contribution in [0.25, 0.3) is 17.0 Å². The Labute approximate surface area is 199 Å². The standard InChI is InChI=1S/C26H20BrN3O3/c27-21-11-14-23(15-12-21)30(17-22-13-10-19-3-1-2-4-24(19)28-22)26(32)20-8-5-18(6-9-20)7-16-25(31)29-33/h1-16,33H,17H2,(H,29,31)/b16-7+. The SMILES string of the molecule is O=C(/C=C/c1ccc(C(=O)N(Cc2ccc3ccccc3n2)c2ccc(Br)cc2)cc1)NO. The van der Waals surface area contributed by atoms with E-state index in [1.165, 1.54) is 6.08 Å². The first kappa shape index (κ1) is 22.4. The fourth-order valence-electron chi connectivity index (χ4n) is 3.36. The van der Waals surface area contributed by atoms with E-state index in [1.54, 1.807) is 40.7 Å². The Kier molecular flexibility index (Phi) is 6.92. The van der Waals surface area contributed by atoms with Gasteiger partial charge in [-0.15, -0.1) is 0 Å². The third-order valence-electron chi connectivity index (χ3n) is 5.05. The van der Waals surface area contributed by atoms with Gasteiger partial charge in [-0.25, -0.2) is 5.48 Å². The average Bonchev–Trinajstić information content (AvgIpc) is 2.86. The number of nitrogens with zero attached hydrogens (tertiary/aromatic N) is 2. The predicted molar refractivity (Wildman–Crippen MR) is 132 cm³/mol. The van der Waals surface area contributed by atoms with E-state index in [2.05, 4.69) is 15.9 Å². The third-order valence-corrected chi connectivity index (χ3v) is 5.58. The first-order valence-electron chi connectivity index (χ1n) is 10.2. The molecule has 0 radical (unpaired) electrons. The molecule has 33 heavy (non-hydrogen) atoms. The Morgan fingerprint density at radius 1 is 0.939 bits per heavy atom. The minimum absolute atomic E-state index is 0.170. The van der Waals surface area contributed by atoms with Crippen molar-refractivity contribution >= 4 is 50.4 Å². The highest BCUT2D eigenvalue weighted by Gasteiger charge is 2.19. The van der Waals surface area contributed by atoms with Crippen LogP contribution in [-0.4, -0.2) is 22.0 Å². The van der Waals surface area contributed by atoms with Crippen LogP contribution in [0.4, 0.5) is 5.69 Å². The Morgan fingerprint density at radius 2 is 1.67 bits per heavy atom. The molecule has 0 saturated carbocycles. The van der Waals surface area contributed by atoms with Crippen LogP contribution in [-0.2, 0) is 11.3 Å². The molecule has 0 saturated heterocycles. The second kappa shape index (κ2) is 10.2. The van der Waals surface area contributed by atoms with Crippen molar-refractivity contribution in [2.24, 2.45) is 0 Å². The van der Waals surface area contributed by atoms with Crippen LogP contribution < -0.4 is 10.4 Å². The highest BCUT2D eigenvalue weighted by Crippen LogP contribution is 2.23. The molecule has 4 rings (SSSR count). The van der Waals surface area contributed by atoms with E-state index in [4.69, 9.17) is 10.2 Å². The molecule has 0 aliphatic heterocycles. The number of carbonyl (C=O) groups is 2. The lowest BCUT2D eigenvalue weighted by Gasteiger charge is -2.23. The zero-order chi connectivity index (χ0) is 23.2. The van der Waals surface area contributed by atoms with Gasteiger partial charge >= 0.3 is 0 Å². The van der Waals surface area contributed by atoms with Gasteiger partial charge in [-0.2, -0.15) is 0 Å². The maximum atomic E-state index is 13.5. The summed E-state index contributed by atoms with van der Waals surface area (Å²) in [6, 6.07) is 26.2. The summed E-state index contributed by atoms with van der Waals surface area (Å²) in [6.45, 7) is 0.309. The summed E-state index contributed by atoms with van der Waals surface area (Å²) < 4.78 is 0.922. The van der Waals surface area contributed by atoms with Crippen molar-refractivity contribution in [3.8, 4) is 0 Å². The second-order valence-corrected chi connectivity index (χ2v) is 8.21. The summed E-state index contributed by atoms with van der Waals surface area (Å²) in [4.78, 5) is 31.1. The van der Waals surface area contributed by atoms with Crippen LogP contribution in [0.3, 0.4) is 0 Å². The molecule has 3 aromatic carbocycles. The first-order valence-corrected chi connectivity index (χ1v) is 11.0. The van der Waals surface area contributed by atoms with E-state index >= 15 is 0 Å². The number of nitrogens with one attached hydrogen (secondary N) is 1. The van der Waals surface area contributed by atoms with Crippen LogP contribution in [0.2, 0.25) is 0 Å². The van der Waals surface area contributed by atoms with Crippen LogP contribution >= 0.6 is 15.9 Å². The molecule has 7 heteroatoms. The van der Waals surface area contributed by atoms with Gasteiger partial charge in [0.05, 0.1) is 17.8 Å². The molecule has 4 aromatic rings. The van der Waals surface area contributed by atoms with Gasteiger partial charge in [0, 0.05) is 27.2 Å². The van der Waals surface area contributed by atoms with E-state index in [1.807, 2.05) is 60.7 Å². The highest BCUT2D eigenvalue weighted by molar-refractivity contribution is 9.10. The third kappa shape index (κ3) is 5.52. The average molecular weight is 502 g/mol. The molecule has 0 fully saturated rings. The first-order chi connectivity index (χ1) is 16.0. The zero-order valence-electron chi connectivity index (χ0n) is 17.5. The van der Waals surface area contributed by atoms with Gasteiger partial charge in [-0.3, -0.25) is 19.8 Å². The smallest absolute Gasteiger partial charge is 0.267 e. The van der Waals surface area contributed by atoms with E-state index in [9.17, 15) is 9.59 Å². The molecule has 164 valence electrons. The topological polar surface area (TPSA) is 82.5 Å². The summed E-state index contributed by atoms with van der Waals surface area (Å²) in [6.07, 6.45) is 2.75. The summed E-state index contributed by atoms with van der Waals surface area (Å²) in [5.74, 6) is -0.796. The molecule has 0 spiro atoms. The van der Waals surface area contributed by atoms with Crippen molar-refractivity contribution in [1.29, 1.82) is 0 Å². The number of para-hydroxylation sites is 1. The quantitative estimate of drug-likeness (QED) is 0.211. The Bertz CT molecular complexity index is 1320. The van der Waals surface area contributed by atoms with E-state index < -0.39 is 5.91 Å². The van der Waals surface area contributed by atoms with Crippen molar-refractivity contribution in [2.45, 2.75) is 6.54 Å². The van der Waals surface area contributed by atoms with E-state index in [0.29, 0.717) is 12.1 Å². The lowest BCUT2D eigenvalue weighted by Crippen LogP contribution is -2.30. The molecule has 0 unspecified atom stereocenters. The fraction of sp³-hybridized carbons (Fsp3) is 0.0385. The predicted octanol–water partition coefficient (Wildman–Crippen LogP) is 5.36. The number of carbonyl (C=O) groups excluding carboxylic acids is 2. The van der Waals surface area contributed by atoms with Crippen LogP contribution in [0, 0.1) is 0 Å². The number of hydrogen-bond donors (Lipinski definition) is 2. The number of aromatic nitrogens is 1. The van der Waals surface area contributed by atoms with Crippen LogP contribution in [0.5, 0.6) is 0 Å². The fourth-order valence-corrected chi connectivity index (χ4v) is 3.63. The molecule has 2 N–H and O–H groups in total. The summed E-state index contributed by atoms with van der Waals surface area (Å²) >= 11 is 3.44. The van der Waals surface area contributed by atoms with Crippen LogP contribution in [0.15, 0.2) is 95.5 Å². The Balaban J connectivity index is 1.64. The van der Waals surface area contributed by atoms with Gasteiger partial charge in [0.15, 0.2) is 0 Å². The number of amides is 2. The molecular formula is C26H20BrN3O3. The number of rotatable bonds is 6. The normalized spacial score (nSPS) is 11.0. The van der Waals surface area contributed by atoms with E-state index in [0.717, 1.165) is 32.3 Å². The van der Waals surface area contributed by atoms with Crippen molar-refractivity contribution in [3.05, 3.63) is 112 Å². The largest absolute Gasteiger partial charge is 0.302 e. The number of pyridine rings is 1. The van der Waals surface area contributed by atoms with Crippen molar-refractivity contribution in [2.75, 3.05) is 4.90 Å². The summed E-state index contributed by atoms with van der Waals surface area (Å²) in [5.41, 5.74) is 5.17. The maximum absolute atomic E-state index is 13.5. The second-order valence-electron chi connectivity index (χ2n) is 7.29. The Morgan fingerprint density at radius 3 is 2.39 bits per heavy atom. The molecule has 1 aromatic heterocycles. The van der Waals surface area contributed by atoms with Crippen molar-refractivity contribution < 1.29 is 14.8 Å². The maximum Gasteiger partial charge on any atom is 0.267 e. The molecule has 0 bridgehead atoms. The molecule has 2 amide bonds. The molecule has 0 aliphatic carbocycles. The van der Waals surface area contributed by atoms with E-state index in [-0.39, 0.29) is 5.91 Å². The van der Waals surface area contributed by atoms with Crippen molar-refractivity contribution in [1.82, 2.24) is 10.5 Å². The number of anilines is 1. The van der Waals surface area contributed by atoms with Crippen LogP contribution in [0.1, 0.15) is 21.6 Å². The van der Waals surface area contributed by atoms with Crippen molar-refractivity contribution in [3.63, 3.8) is 0 Å². The molecule has 6 nitrogen and oxygen atoms in total. The minimum atomic E-state index is -0.626. The summed E-state index contributed by atoms with van der Waals surface area (Å²) in [5, 5.41) is 9.63. The molecular weight excluding hydrogens is 482 g/mol. The molecule has 0 atom stereocenters. The Hall–Kier alpha value is -3.81. The monoisotopic (exact) mass is 501 g/mol.